The molecule has 1 aliphatic rings. The molecule has 0 spiro atoms. The predicted octanol–water partition coefficient (Wildman–Crippen LogP) is 10.7. The van der Waals surface area contributed by atoms with E-state index in [1.807, 2.05) is 42.1 Å². The number of carbonyl (C=O) groups is 1. The summed E-state index contributed by atoms with van der Waals surface area (Å²) in [4.78, 5) is 16.0. The molecule has 0 fully saturated rings. The van der Waals surface area contributed by atoms with Crippen LogP contribution < -0.4 is 10.1 Å². The van der Waals surface area contributed by atoms with E-state index in [0.717, 1.165) is 41.4 Å². The quantitative estimate of drug-likeness (QED) is 0.179. The maximum Gasteiger partial charge on any atom is 0.259 e. The number of unbranched alkanes of at least 4 members (excludes halogenated alkanes) is 11. The van der Waals surface area contributed by atoms with Crippen LogP contribution in [0.15, 0.2) is 53.6 Å². The van der Waals surface area contributed by atoms with Gasteiger partial charge in [0, 0.05) is 23.5 Å². The third kappa shape index (κ3) is 11.1. The van der Waals surface area contributed by atoms with Crippen LogP contribution >= 0.6 is 11.8 Å². The number of benzene rings is 2. The highest BCUT2D eigenvalue weighted by molar-refractivity contribution is 8.02. The number of nitrogens with zero attached hydrogens (tertiary/aromatic N) is 1. The van der Waals surface area contributed by atoms with Gasteiger partial charge in [0.2, 0.25) is 0 Å². The average molecular weight is 579 g/mol. The molecule has 0 bridgehead atoms. The number of nitrogens with one attached hydrogen (secondary N) is 1. The minimum absolute atomic E-state index is 0.115. The Labute approximate surface area is 254 Å². The molecule has 0 radical (unpaired) electrons. The van der Waals surface area contributed by atoms with Crippen LogP contribution in [0.1, 0.15) is 133 Å². The van der Waals surface area contributed by atoms with Gasteiger partial charge < -0.3 is 15.0 Å². The van der Waals surface area contributed by atoms with E-state index >= 15 is 0 Å². The lowest BCUT2D eigenvalue weighted by atomic mass is 9.85. The molecule has 4 nitrogen and oxygen atoms in total. The van der Waals surface area contributed by atoms with Crippen LogP contribution in [-0.4, -0.2) is 23.3 Å². The molecule has 41 heavy (non-hydrogen) atoms. The van der Waals surface area contributed by atoms with Crippen LogP contribution in [0.3, 0.4) is 0 Å². The fraction of sp³-hybridized carbons (Fsp3) is 0.583. The summed E-state index contributed by atoms with van der Waals surface area (Å²) in [5.74, 6) is 1.56. The number of rotatable bonds is 18. The number of thioether (sulfide) groups is 1. The van der Waals surface area contributed by atoms with E-state index in [2.05, 4.69) is 62.4 Å². The Morgan fingerprint density at radius 3 is 2.12 bits per heavy atom. The summed E-state index contributed by atoms with van der Waals surface area (Å²) in [6, 6.07) is 14.1. The van der Waals surface area contributed by atoms with Crippen molar-refractivity contribution < 1.29 is 9.53 Å². The van der Waals surface area contributed by atoms with Crippen LogP contribution in [0.4, 0.5) is 5.69 Å². The minimum Gasteiger partial charge on any atom is -0.492 e. The van der Waals surface area contributed by atoms with Gasteiger partial charge in [0.25, 0.3) is 5.91 Å². The number of hydrogen-bond donors (Lipinski definition) is 1. The molecular formula is C36H54N2O2S. The van der Waals surface area contributed by atoms with Crippen LogP contribution in [0.2, 0.25) is 0 Å². The van der Waals surface area contributed by atoms with Gasteiger partial charge in [-0.2, -0.15) is 0 Å². The predicted molar refractivity (Wildman–Crippen MR) is 178 cm³/mol. The fourth-order valence-corrected chi connectivity index (χ4v) is 6.29. The number of para-hydroxylation sites is 2. The largest absolute Gasteiger partial charge is 0.492 e. The molecule has 1 amide bonds. The Morgan fingerprint density at radius 2 is 1.51 bits per heavy atom. The van der Waals surface area contributed by atoms with Gasteiger partial charge in [-0.1, -0.05) is 129 Å². The second kappa shape index (κ2) is 17.5. The second-order valence-electron chi connectivity index (χ2n) is 12.5. The van der Waals surface area contributed by atoms with E-state index in [-0.39, 0.29) is 11.3 Å². The SMILES string of the molecule is CCCCCCCCCCCCCCOc1c(C(=O)Nc2ccccc2CN2CSC=C2C)cccc1C(C)(C)C. The summed E-state index contributed by atoms with van der Waals surface area (Å²) in [5.41, 5.74) is 4.79. The summed E-state index contributed by atoms with van der Waals surface area (Å²) in [5, 5.41) is 5.41. The summed E-state index contributed by atoms with van der Waals surface area (Å²) in [7, 11) is 0. The van der Waals surface area contributed by atoms with E-state index in [4.69, 9.17) is 4.74 Å². The molecular weight excluding hydrogens is 524 g/mol. The van der Waals surface area contributed by atoms with Crippen LogP contribution in [0, 0.1) is 0 Å². The maximum atomic E-state index is 13.7. The first-order chi connectivity index (χ1) is 19.8. The molecule has 3 rings (SSSR count). The Bertz CT molecular complexity index is 1100. The Morgan fingerprint density at radius 1 is 0.878 bits per heavy atom. The third-order valence-corrected chi connectivity index (χ3v) is 8.89. The molecule has 1 heterocycles. The Hall–Kier alpha value is -2.40. The van der Waals surface area contributed by atoms with Gasteiger partial charge in [-0.3, -0.25) is 4.79 Å². The Kier molecular flexibility index (Phi) is 14.2. The maximum absolute atomic E-state index is 13.7. The standard InChI is InChI=1S/C36H54N2O2S/c1-6-7-8-9-10-11-12-13-14-15-16-19-25-40-34-31(22-20-23-32(34)36(3,4)5)35(39)37-33-24-18-17-21-30(33)26-38-28-41-27-29(38)2/h17-18,20-24,27H,6-16,19,25-26,28H2,1-5H3,(H,37,39). The van der Waals surface area contributed by atoms with Gasteiger partial charge in [-0.25, -0.2) is 0 Å². The third-order valence-electron chi connectivity index (χ3n) is 7.92. The van der Waals surface area contributed by atoms with E-state index in [0.29, 0.717) is 12.2 Å². The zero-order chi connectivity index (χ0) is 29.5. The van der Waals surface area contributed by atoms with Gasteiger partial charge in [0.1, 0.15) is 5.75 Å². The van der Waals surface area contributed by atoms with Crippen molar-refractivity contribution in [2.24, 2.45) is 0 Å². The molecule has 2 aromatic rings. The van der Waals surface area contributed by atoms with Crippen LogP contribution in [0.5, 0.6) is 5.75 Å². The van der Waals surface area contributed by atoms with Crippen molar-refractivity contribution in [3.63, 3.8) is 0 Å². The minimum atomic E-state index is -0.128. The first-order valence-corrected chi connectivity index (χ1v) is 17.0. The molecule has 5 heteroatoms. The fourth-order valence-electron chi connectivity index (χ4n) is 5.35. The summed E-state index contributed by atoms with van der Waals surface area (Å²) >= 11 is 1.81. The summed E-state index contributed by atoms with van der Waals surface area (Å²) < 4.78 is 6.42. The number of anilines is 1. The van der Waals surface area contributed by atoms with Crippen molar-refractivity contribution in [1.82, 2.24) is 4.90 Å². The lowest BCUT2D eigenvalue weighted by Gasteiger charge is -2.25. The topological polar surface area (TPSA) is 41.6 Å². The van der Waals surface area contributed by atoms with Gasteiger partial charge >= 0.3 is 0 Å². The zero-order valence-corrected chi connectivity index (χ0v) is 27.2. The number of carbonyl (C=O) groups excluding carboxylic acids is 1. The molecule has 0 saturated heterocycles. The van der Waals surface area contributed by atoms with E-state index in [9.17, 15) is 4.79 Å². The summed E-state index contributed by atoms with van der Waals surface area (Å²) in [6.45, 7) is 12.4. The molecule has 0 aromatic heterocycles. The molecule has 0 aliphatic carbocycles. The molecule has 0 unspecified atom stereocenters. The van der Waals surface area contributed by atoms with E-state index < -0.39 is 0 Å². The molecule has 2 aromatic carbocycles. The molecule has 0 saturated carbocycles. The van der Waals surface area contributed by atoms with Crippen molar-refractivity contribution in [2.45, 2.75) is 124 Å². The monoisotopic (exact) mass is 578 g/mol. The molecule has 226 valence electrons. The normalized spacial score (nSPS) is 13.4. The highest BCUT2D eigenvalue weighted by Gasteiger charge is 2.25. The number of hydrogen-bond acceptors (Lipinski definition) is 4. The number of allylic oxidation sites excluding steroid dienone is 1. The van der Waals surface area contributed by atoms with Crippen LogP contribution in [-0.2, 0) is 12.0 Å². The lowest BCUT2D eigenvalue weighted by Crippen LogP contribution is -2.21. The van der Waals surface area contributed by atoms with Crippen molar-refractivity contribution >= 4 is 23.4 Å². The first kappa shape index (κ1) is 33.1. The lowest BCUT2D eigenvalue weighted by molar-refractivity contribution is 0.102. The molecule has 1 N–H and O–H groups in total. The Balaban J connectivity index is 1.54. The number of amides is 1. The van der Waals surface area contributed by atoms with Crippen LogP contribution in [0.25, 0.3) is 0 Å². The molecule has 1 aliphatic heterocycles. The highest BCUT2D eigenvalue weighted by atomic mass is 32.2. The zero-order valence-electron chi connectivity index (χ0n) is 26.4. The van der Waals surface area contributed by atoms with Gasteiger partial charge in [0.15, 0.2) is 0 Å². The smallest absolute Gasteiger partial charge is 0.259 e. The van der Waals surface area contributed by atoms with Crippen molar-refractivity contribution in [1.29, 1.82) is 0 Å². The first-order valence-electron chi connectivity index (χ1n) is 16.0. The van der Waals surface area contributed by atoms with E-state index in [1.165, 1.54) is 76.3 Å². The van der Waals surface area contributed by atoms with Crippen molar-refractivity contribution in [2.75, 3.05) is 17.8 Å². The van der Waals surface area contributed by atoms with Gasteiger partial charge in [-0.15, -0.1) is 11.8 Å². The van der Waals surface area contributed by atoms with Crippen molar-refractivity contribution in [3.8, 4) is 5.75 Å². The number of ether oxygens (including phenoxy) is 1. The van der Waals surface area contributed by atoms with Gasteiger partial charge in [-0.05, 0) is 41.9 Å². The molecule has 0 atom stereocenters. The van der Waals surface area contributed by atoms with Gasteiger partial charge in [0.05, 0.1) is 18.0 Å². The summed E-state index contributed by atoms with van der Waals surface area (Å²) in [6.07, 6.45) is 15.8. The highest BCUT2D eigenvalue weighted by Crippen LogP contribution is 2.35. The van der Waals surface area contributed by atoms with Crippen molar-refractivity contribution in [3.05, 3.63) is 70.3 Å². The van der Waals surface area contributed by atoms with E-state index in [1.54, 1.807) is 0 Å². The second-order valence-corrected chi connectivity index (χ2v) is 13.4. The average Bonchev–Trinajstić information content (AvgIpc) is 3.35.